The third kappa shape index (κ3) is 56.4. The van der Waals surface area contributed by atoms with Gasteiger partial charge < -0.3 is 0 Å². The summed E-state index contributed by atoms with van der Waals surface area (Å²) in [6.07, 6.45) is 80.2. The van der Waals surface area contributed by atoms with Crippen molar-refractivity contribution in [2.45, 2.75) is 348 Å². The van der Waals surface area contributed by atoms with Gasteiger partial charge in [0.2, 0.25) is 0 Å². The fraction of sp³-hybridized carbons (Fsp3) is 1.00. The Kier molecular flexibility index (Phi) is 56.9. The first-order chi connectivity index (χ1) is 28.4. The summed E-state index contributed by atoms with van der Waals surface area (Å²) in [5, 5.41) is 0. The molecule has 0 saturated heterocycles. The van der Waals surface area contributed by atoms with Crippen LogP contribution in [-0.2, 0) is 0 Å². The average molecular weight is 819 g/mol. The molecule has 0 bridgehead atoms. The molecule has 0 aliphatic heterocycles. The Morgan fingerprint density at radius 3 is 0.368 bits per heavy atom. The summed E-state index contributed by atoms with van der Waals surface area (Å²) in [4.78, 5) is 0. The first kappa shape index (κ1) is 57.4. The molecule has 57 heavy (non-hydrogen) atoms. The summed E-state index contributed by atoms with van der Waals surface area (Å²) in [5.41, 5.74) is 0. The second-order valence-electron chi connectivity index (χ2n) is 19.3. The fourth-order valence-corrected chi connectivity index (χ4v) is 10.3. The first-order valence-corrected chi connectivity index (χ1v) is 29.3. The fourth-order valence-electron chi connectivity index (χ4n) is 9.19. The van der Waals surface area contributed by atoms with Crippen LogP contribution in [0.15, 0.2) is 0 Å². The number of unbranched alkanes of at least 4 members (excludes halogenated alkanes) is 50. The minimum absolute atomic E-state index is 1.37. The normalized spacial score (nSPS) is 11.7. The summed E-state index contributed by atoms with van der Waals surface area (Å²) in [6.45, 7) is 4.63. The Bertz CT molecular complexity index is 589. The lowest BCUT2D eigenvalue weighted by molar-refractivity contribution is 0.516. The lowest BCUT2D eigenvalue weighted by Gasteiger charge is -2.05. The summed E-state index contributed by atoms with van der Waals surface area (Å²) in [6, 6.07) is 0. The van der Waals surface area contributed by atoms with E-state index in [2.05, 4.69) is 13.8 Å². The van der Waals surface area contributed by atoms with Gasteiger partial charge in [-0.15, -0.1) is 0 Å². The summed E-state index contributed by atoms with van der Waals surface area (Å²) in [7, 11) is 1.75. The largest absolute Gasteiger partial charge is 0.0810 e. The molecule has 1 radical (unpaired) electrons. The van der Waals surface area contributed by atoms with Crippen molar-refractivity contribution in [2.75, 3.05) is 12.3 Å². The lowest BCUT2D eigenvalue weighted by atomic mass is 10.0. The van der Waals surface area contributed by atoms with Gasteiger partial charge in [0, 0.05) is 0 Å². The summed E-state index contributed by atoms with van der Waals surface area (Å²) < 4.78 is 0. The Labute approximate surface area is 367 Å². The molecule has 0 N–H and O–H groups in total. The number of rotatable bonds is 54. The Morgan fingerprint density at radius 2 is 0.246 bits per heavy atom. The van der Waals surface area contributed by atoms with E-state index in [-0.39, 0.29) is 0 Å². The van der Waals surface area contributed by atoms with Gasteiger partial charge in [-0.25, -0.2) is 0 Å². The van der Waals surface area contributed by atoms with Crippen LogP contribution in [0.1, 0.15) is 348 Å². The topological polar surface area (TPSA) is 0 Å². The van der Waals surface area contributed by atoms with E-state index >= 15 is 0 Å². The molecule has 0 aromatic carbocycles. The van der Waals surface area contributed by atoms with Crippen LogP contribution in [-0.4, -0.2) is 12.3 Å². The Hall–Kier alpha value is 0.430. The van der Waals surface area contributed by atoms with Crippen molar-refractivity contribution >= 4 is 8.58 Å². The molecule has 343 valence electrons. The quantitative estimate of drug-likeness (QED) is 0.0424. The zero-order valence-corrected chi connectivity index (χ0v) is 41.5. The Balaban J connectivity index is 3.05. The van der Waals surface area contributed by atoms with Gasteiger partial charge in [-0.05, 0) is 25.2 Å². The highest BCUT2D eigenvalue weighted by Crippen LogP contribution is 2.20. The maximum atomic E-state index is 2.31. The second-order valence-corrected chi connectivity index (χ2v) is 20.7. The third-order valence-corrected chi connectivity index (χ3v) is 14.6. The van der Waals surface area contributed by atoms with Crippen molar-refractivity contribution < 1.29 is 0 Å². The first-order valence-electron chi connectivity index (χ1n) is 28.0. The van der Waals surface area contributed by atoms with Gasteiger partial charge in [0.15, 0.2) is 0 Å². The van der Waals surface area contributed by atoms with Gasteiger partial charge >= 0.3 is 0 Å². The van der Waals surface area contributed by atoms with Gasteiger partial charge in [0.1, 0.15) is 0 Å². The highest BCUT2D eigenvalue weighted by molar-refractivity contribution is 7.37. The van der Waals surface area contributed by atoms with Crippen molar-refractivity contribution in [3.63, 3.8) is 0 Å². The van der Waals surface area contributed by atoms with Crippen LogP contribution < -0.4 is 0 Å². The minimum Gasteiger partial charge on any atom is -0.0810 e. The van der Waals surface area contributed by atoms with Gasteiger partial charge in [0.05, 0.1) is 0 Å². The van der Waals surface area contributed by atoms with Gasteiger partial charge in [-0.1, -0.05) is 343 Å². The highest BCUT2D eigenvalue weighted by atomic mass is 31.1. The SMILES string of the molecule is CCCCCCCCCCCCCCCCCCCCCCCCCCCC[P]CCCCCCCCCCCCCCCCCCCCCCCCCCCC. The van der Waals surface area contributed by atoms with Gasteiger partial charge in [-0.2, -0.15) is 0 Å². The molecule has 1 heteroatoms. The maximum absolute atomic E-state index is 2.31. The molecule has 0 aromatic rings. The number of hydrogen-bond donors (Lipinski definition) is 0. The van der Waals surface area contributed by atoms with Crippen molar-refractivity contribution in [3.8, 4) is 0 Å². The van der Waals surface area contributed by atoms with Crippen LogP contribution in [0.2, 0.25) is 0 Å². The van der Waals surface area contributed by atoms with E-state index in [0.717, 1.165) is 0 Å². The van der Waals surface area contributed by atoms with Crippen LogP contribution in [0.3, 0.4) is 0 Å². The van der Waals surface area contributed by atoms with E-state index in [4.69, 9.17) is 0 Å². The van der Waals surface area contributed by atoms with E-state index in [1.807, 2.05) is 0 Å². The van der Waals surface area contributed by atoms with Crippen LogP contribution in [0.5, 0.6) is 0 Å². The van der Waals surface area contributed by atoms with Crippen LogP contribution in [0.25, 0.3) is 0 Å². The van der Waals surface area contributed by atoms with E-state index in [1.54, 1.807) is 8.58 Å². The zero-order valence-electron chi connectivity index (χ0n) is 40.6. The average Bonchev–Trinajstić information content (AvgIpc) is 3.22. The predicted molar refractivity (Wildman–Crippen MR) is 268 cm³/mol. The van der Waals surface area contributed by atoms with Gasteiger partial charge in [0.25, 0.3) is 0 Å². The van der Waals surface area contributed by atoms with E-state index < -0.39 is 0 Å². The zero-order chi connectivity index (χ0) is 40.9. The smallest absolute Gasteiger partial charge is 0.0287 e. The Morgan fingerprint density at radius 1 is 0.140 bits per heavy atom. The van der Waals surface area contributed by atoms with E-state index in [9.17, 15) is 0 Å². The molecule has 0 atom stereocenters. The molecule has 0 heterocycles. The van der Waals surface area contributed by atoms with Crippen LogP contribution >= 0.6 is 8.58 Å². The summed E-state index contributed by atoms with van der Waals surface area (Å²) >= 11 is 0. The van der Waals surface area contributed by atoms with Crippen LogP contribution in [0.4, 0.5) is 0 Å². The monoisotopic (exact) mass is 818 g/mol. The van der Waals surface area contributed by atoms with E-state index in [0.29, 0.717) is 0 Å². The van der Waals surface area contributed by atoms with Crippen molar-refractivity contribution in [2.24, 2.45) is 0 Å². The van der Waals surface area contributed by atoms with Crippen molar-refractivity contribution in [3.05, 3.63) is 0 Å². The molecule has 0 amide bonds. The van der Waals surface area contributed by atoms with Gasteiger partial charge in [-0.3, -0.25) is 0 Å². The molecule has 0 nitrogen and oxygen atoms in total. The van der Waals surface area contributed by atoms with Crippen molar-refractivity contribution in [1.29, 1.82) is 0 Å². The predicted octanol–water partition coefficient (Wildman–Crippen LogP) is 22.3. The molecule has 0 saturated carbocycles. The molecular formula is C56H114P. The summed E-state index contributed by atoms with van der Waals surface area (Å²) in [5.74, 6) is 0. The number of hydrogen-bond acceptors (Lipinski definition) is 0. The minimum atomic E-state index is 1.37. The van der Waals surface area contributed by atoms with Crippen molar-refractivity contribution in [1.82, 2.24) is 0 Å². The highest BCUT2D eigenvalue weighted by Gasteiger charge is 1.99. The maximum Gasteiger partial charge on any atom is -0.0287 e. The molecule has 0 spiro atoms. The molecule has 0 aliphatic carbocycles. The molecule has 0 aromatic heterocycles. The molecule has 0 unspecified atom stereocenters. The van der Waals surface area contributed by atoms with E-state index in [1.165, 1.54) is 346 Å². The molecular weight excluding hydrogens is 704 g/mol. The van der Waals surface area contributed by atoms with Crippen LogP contribution in [0, 0.1) is 0 Å². The molecule has 0 fully saturated rings. The lowest BCUT2D eigenvalue weighted by Crippen LogP contribution is -1.86. The second kappa shape index (κ2) is 56.4. The molecule has 0 rings (SSSR count). The third-order valence-electron chi connectivity index (χ3n) is 13.3. The standard InChI is InChI=1S/C56H114P/c1-3-5-7-9-11-13-15-17-19-21-23-25-27-29-31-33-35-37-39-41-43-45-47-49-51-53-55-57-56-54-52-50-48-46-44-42-40-38-36-34-32-30-28-26-24-22-20-18-16-14-12-10-8-6-4-2/h3-56H2,1-2H3. The molecule has 0 aliphatic rings.